The number of benzene rings is 1. The van der Waals surface area contributed by atoms with Crippen LogP contribution in [0.1, 0.15) is 11.6 Å². The molecule has 0 unspecified atom stereocenters. The third kappa shape index (κ3) is 4.86. The molecule has 0 aromatic heterocycles. The number of ether oxygens (including phenoxy) is 1. The van der Waals surface area contributed by atoms with Crippen LogP contribution in [0.25, 0.3) is 0 Å². The molecule has 4 nitrogen and oxygen atoms in total. The predicted octanol–water partition coefficient (Wildman–Crippen LogP) is 2.92. The Morgan fingerprint density at radius 1 is 1.38 bits per heavy atom. The summed E-state index contributed by atoms with van der Waals surface area (Å²) in [4.78, 5) is 2.04. The number of aromatic hydroxyl groups is 1. The summed E-state index contributed by atoms with van der Waals surface area (Å²) in [5.41, 5.74) is 0.565. The summed E-state index contributed by atoms with van der Waals surface area (Å²) in [7, 11) is 1.55. The van der Waals surface area contributed by atoms with Crippen LogP contribution in [0.3, 0.4) is 0 Å². The van der Waals surface area contributed by atoms with Gasteiger partial charge in [-0.1, -0.05) is 0 Å². The summed E-state index contributed by atoms with van der Waals surface area (Å²) in [5, 5.41) is 13.4. The van der Waals surface area contributed by atoms with Gasteiger partial charge in [-0.05, 0) is 28.1 Å². The molecule has 1 aromatic rings. The summed E-state index contributed by atoms with van der Waals surface area (Å²) >= 11 is 3.28. The van der Waals surface area contributed by atoms with Gasteiger partial charge in [0.05, 0.1) is 17.6 Å². The zero-order chi connectivity index (χ0) is 13.8. The number of piperazine rings is 1. The van der Waals surface area contributed by atoms with Crippen LogP contribution in [0.5, 0.6) is 11.5 Å². The van der Waals surface area contributed by atoms with Crippen molar-refractivity contribution in [3.63, 3.8) is 0 Å². The lowest BCUT2D eigenvalue weighted by Crippen LogP contribution is -2.45. The van der Waals surface area contributed by atoms with E-state index in [0.29, 0.717) is 15.8 Å². The SMILES string of the molecule is COc1cc(Br)c(O)c([C@H](CF)N2CCNCC2)c1.Cl.Cl. The molecule has 2 N–H and O–H groups in total. The van der Waals surface area contributed by atoms with E-state index >= 15 is 0 Å². The van der Waals surface area contributed by atoms with E-state index < -0.39 is 12.7 Å². The molecule has 1 aromatic carbocycles. The number of methoxy groups -OCH3 is 1. The third-order valence-corrected chi connectivity index (χ3v) is 4.00. The van der Waals surface area contributed by atoms with Crippen LogP contribution >= 0.6 is 40.7 Å². The molecular weight excluding hydrogens is 386 g/mol. The molecule has 0 radical (unpaired) electrons. The second-order valence-electron chi connectivity index (χ2n) is 4.50. The standard InChI is InChI=1S/C13H18BrFN2O2.2ClH/c1-19-9-6-10(13(18)11(14)7-9)12(8-15)17-4-2-16-3-5-17;;/h6-7,12,16,18H,2-5,8H2,1H3;2*1H/t12-;;/m0../s1. The molecule has 1 fully saturated rings. The molecule has 1 aliphatic rings. The summed E-state index contributed by atoms with van der Waals surface area (Å²) < 4.78 is 19.1. The van der Waals surface area contributed by atoms with Crippen molar-refractivity contribution in [2.75, 3.05) is 40.0 Å². The highest BCUT2D eigenvalue weighted by molar-refractivity contribution is 9.10. The van der Waals surface area contributed by atoms with Gasteiger partial charge in [-0.3, -0.25) is 4.90 Å². The van der Waals surface area contributed by atoms with Crippen molar-refractivity contribution in [1.82, 2.24) is 10.2 Å². The van der Waals surface area contributed by atoms with Gasteiger partial charge < -0.3 is 15.2 Å². The Balaban J connectivity index is 0.00000200. The first kappa shape index (κ1) is 20.7. The van der Waals surface area contributed by atoms with Gasteiger partial charge in [0.15, 0.2) is 0 Å². The zero-order valence-electron chi connectivity index (χ0n) is 11.6. The maximum atomic E-state index is 13.4. The first-order valence-corrected chi connectivity index (χ1v) is 7.03. The van der Waals surface area contributed by atoms with Crippen LogP contribution in [-0.4, -0.2) is 50.0 Å². The van der Waals surface area contributed by atoms with Crippen molar-refractivity contribution in [2.45, 2.75) is 6.04 Å². The van der Waals surface area contributed by atoms with Gasteiger partial charge in [0.2, 0.25) is 0 Å². The summed E-state index contributed by atoms with van der Waals surface area (Å²) in [6.45, 7) is 2.67. The lowest BCUT2D eigenvalue weighted by atomic mass is 10.0. The number of nitrogens with zero attached hydrogens (tertiary/aromatic N) is 1. The van der Waals surface area contributed by atoms with Crippen LogP contribution in [-0.2, 0) is 0 Å². The molecule has 2 rings (SSSR count). The second kappa shape index (κ2) is 9.69. The second-order valence-corrected chi connectivity index (χ2v) is 5.36. The fourth-order valence-corrected chi connectivity index (χ4v) is 2.79. The van der Waals surface area contributed by atoms with Crippen molar-refractivity contribution in [2.24, 2.45) is 0 Å². The molecule has 0 spiro atoms. The molecule has 122 valence electrons. The van der Waals surface area contributed by atoms with E-state index in [2.05, 4.69) is 21.2 Å². The topological polar surface area (TPSA) is 44.7 Å². The smallest absolute Gasteiger partial charge is 0.134 e. The lowest BCUT2D eigenvalue weighted by molar-refractivity contribution is 0.145. The molecule has 0 aliphatic carbocycles. The van der Waals surface area contributed by atoms with Gasteiger partial charge in [-0.25, -0.2) is 4.39 Å². The Morgan fingerprint density at radius 3 is 2.52 bits per heavy atom. The maximum Gasteiger partial charge on any atom is 0.134 e. The molecule has 0 saturated carbocycles. The number of alkyl halides is 1. The molecule has 0 bridgehead atoms. The third-order valence-electron chi connectivity index (χ3n) is 3.40. The van der Waals surface area contributed by atoms with Gasteiger partial charge in [0.25, 0.3) is 0 Å². The van der Waals surface area contributed by atoms with Gasteiger partial charge in [0, 0.05) is 31.7 Å². The minimum absolute atomic E-state index is 0. The molecular formula is C13H20BrCl2FN2O2. The van der Waals surface area contributed by atoms with Gasteiger partial charge in [-0.2, -0.15) is 0 Å². The van der Waals surface area contributed by atoms with E-state index in [-0.39, 0.29) is 30.6 Å². The molecule has 1 aliphatic heterocycles. The number of phenols is 1. The minimum atomic E-state index is -0.535. The lowest BCUT2D eigenvalue weighted by Gasteiger charge is -2.34. The summed E-state index contributed by atoms with van der Waals surface area (Å²) in [5.74, 6) is 0.690. The normalized spacial score (nSPS) is 16.5. The fourth-order valence-electron chi connectivity index (χ4n) is 2.34. The van der Waals surface area contributed by atoms with E-state index in [1.807, 2.05) is 4.90 Å². The summed E-state index contributed by atoms with van der Waals surface area (Å²) in [6, 6.07) is 2.94. The maximum absolute atomic E-state index is 13.4. The monoisotopic (exact) mass is 404 g/mol. The molecule has 8 heteroatoms. The van der Waals surface area contributed by atoms with Crippen molar-refractivity contribution in [1.29, 1.82) is 0 Å². The van der Waals surface area contributed by atoms with Crippen molar-refractivity contribution in [3.05, 3.63) is 22.2 Å². The van der Waals surface area contributed by atoms with Gasteiger partial charge in [0.1, 0.15) is 18.2 Å². The summed E-state index contributed by atoms with van der Waals surface area (Å²) in [6.07, 6.45) is 0. The van der Waals surface area contributed by atoms with E-state index in [9.17, 15) is 9.50 Å². The fraction of sp³-hybridized carbons (Fsp3) is 0.538. The quantitative estimate of drug-likeness (QED) is 0.808. The van der Waals surface area contributed by atoms with Crippen molar-refractivity contribution < 1.29 is 14.2 Å². The highest BCUT2D eigenvalue weighted by atomic mass is 79.9. The number of nitrogens with one attached hydrogen (secondary N) is 1. The van der Waals surface area contributed by atoms with Crippen LogP contribution in [0, 0.1) is 0 Å². The van der Waals surface area contributed by atoms with Crippen molar-refractivity contribution >= 4 is 40.7 Å². The first-order chi connectivity index (χ1) is 9.17. The van der Waals surface area contributed by atoms with E-state index in [0.717, 1.165) is 26.2 Å². The van der Waals surface area contributed by atoms with E-state index in [1.165, 1.54) is 0 Å². The highest BCUT2D eigenvalue weighted by Gasteiger charge is 2.26. The Kier molecular flexibility index (Phi) is 9.56. The zero-order valence-corrected chi connectivity index (χ0v) is 14.9. The Labute approximate surface area is 145 Å². The minimum Gasteiger partial charge on any atom is -0.506 e. The predicted molar refractivity (Wildman–Crippen MR) is 90.0 cm³/mol. The average molecular weight is 406 g/mol. The van der Waals surface area contributed by atoms with Gasteiger partial charge in [-0.15, -0.1) is 24.8 Å². The molecule has 1 saturated heterocycles. The number of phenolic OH excluding ortho intramolecular Hbond substituents is 1. The largest absolute Gasteiger partial charge is 0.506 e. The Bertz CT molecular complexity index is 448. The number of hydrogen-bond donors (Lipinski definition) is 2. The van der Waals surface area contributed by atoms with E-state index in [1.54, 1.807) is 19.2 Å². The molecule has 1 heterocycles. The van der Waals surface area contributed by atoms with Crippen LogP contribution in [0.4, 0.5) is 4.39 Å². The highest BCUT2D eigenvalue weighted by Crippen LogP contribution is 2.38. The van der Waals surface area contributed by atoms with Crippen LogP contribution in [0.15, 0.2) is 16.6 Å². The average Bonchev–Trinajstić information content (AvgIpc) is 2.45. The molecule has 21 heavy (non-hydrogen) atoms. The molecule has 0 amide bonds. The molecule has 1 atom stereocenters. The van der Waals surface area contributed by atoms with Crippen LogP contribution in [0.2, 0.25) is 0 Å². The number of rotatable bonds is 4. The van der Waals surface area contributed by atoms with Gasteiger partial charge >= 0.3 is 0 Å². The Morgan fingerprint density at radius 2 is 2.00 bits per heavy atom. The first-order valence-electron chi connectivity index (χ1n) is 6.24. The number of hydrogen-bond acceptors (Lipinski definition) is 4. The van der Waals surface area contributed by atoms with Crippen LogP contribution < -0.4 is 10.1 Å². The van der Waals surface area contributed by atoms with E-state index in [4.69, 9.17) is 4.74 Å². The number of halogens is 4. The Hall–Kier alpha value is -0.270. The van der Waals surface area contributed by atoms with Crippen molar-refractivity contribution in [3.8, 4) is 11.5 Å².